The topological polar surface area (TPSA) is 46.2 Å². The van der Waals surface area contributed by atoms with Gasteiger partial charge < -0.3 is 5.32 Å². The van der Waals surface area contributed by atoms with Gasteiger partial charge in [0.15, 0.2) is 0 Å². The summed E-state index contributed by atoms with van der Waals surface area (Å²) in [6, 6.07) is 9.25. The molecule has 17 heavy (non-hydrogen) atoms. The number of anilines is 1. The number of carbonyl (C=O) groups is 2. The van der Waals surface area contributed by atoms with Gasteiger partial charge in [0.1, 0.15) is 5.78 Å². The number of para-hydroxylation sites is 1. The molecule has 0 saturated heterocycles. The van der Waals surface area contributed by atoms with Crippen LogP contribution in [0.25, 0.3) is 0 Å². The Morgan fingerprint density at radius 2 is 1.94 bits per heavy atom. The molecule has 1 aromatic carbocycles. The van der Waals surface area contributed by atoms with Gasteiger partial charge in [-0.25, -0.2) is 0 Å². The lowest BCUT2D eigenvalue weighted by atomic mass is 9.90. The first-order valence-electron chi connectivity index (χ1n) is 5.87. The van der Waals surface area contributed by atoms with E-state index < -0.39 is 5.92 Å². The Balaban J connectivity index is 2.05. The molecule has 1 fully saturated rings. The molecule has 1 aromatic rings. The summed E-state index contributed by atoms with van der Waals surface area (Å²) in [5.41, 5.74) is 0.700. The number of hydrogen-bond acceptors (Lipinski definition) is 2. The summed E-state index contributed by atoms with van der Waals surface area (Å²) >= 11 is 0. The molecular weight excluding hydrogens is 214 g/mol. The first kappa shape index (κ1) is 11.8. The van der Waals surface area contributed by atoms with E-state index in [0.717, 1.165) is 5.69 Å². The smallest absolute Gasteiger partial charge is 0.234 e. The molecule has 1 N–H and O–H groups in total. The molecule has 1 atom stereocenters. The summed E-state index contributed by atoms with van der Waals surface area (Å²) < 4.78 is 0. The zero-order chi connectivity index (χ0) is 12.5. The number of benzene rings is 1. The summed E-state index contributed by atoms with van der Waals surface area (Å²) in [6.45, 7) is 4.06. The fourth-order valence-corrected chi connectivity index (χ4v) is 2.32. The van der Waals surface area contributed by atoms with E-state index in [9.17, 15) is 9.59 Å². The van der Waals surface area contributed by atoms with Gasteiger partial charge in [-0.1, -0.05) is 32.0 Å². The van der Waals surface area contributed by atoms with Crippen molar-refractivity contribution in [2.24, 2.45) is 11.3 Å². The molecule has 1 aliphatic carbocycles. The summed E-state index contributed by atoms with van der Waals surface area (Å²) in [4.78, 5) is 23.7. The standard InChI is InChI=1S/C14H17NO2/c1-14(2)8-11(12(16)9-14)13(17)15-10-6-4-3-5-7-10/h3-7,11H,8-9H2,1-2H3,(H,15,17). The minimum absolute atomic E-state index is 0.0459. The molecule has 0 spiro atoms. The minimum atomic E-state index is -0.481. The van der Waals surface area contributed by atoms with Gasteiger partial charge in [-0.15, -0.1) is 0 Å². The first-order chi connectivity index (χ1) is 7.98. The monoisotopic (exact) mass is 231 g/mol. The van der Waals surface area contributed by atoms with Crippen molar-refractivity contribution in [3.63, 3.8) is 0 Å². The Bertz CT molecular complexity index is 437. The lowest BCUT2D eigenvalue weighted by Crippen LogP contribution is -2.25. The van der Waals surface area contributed by atoms with Crippen LogP contribution in [0.4, 0.5) is 5.69 Å². The molecule has 90 valence electrons. The number of Topliss-reactive ketones (excluding diaryl/α,β-unsaturated/α-hetero) is 1. The van der Waals surface area contributed by atoms with E-state index in [0.29, 0.717) is 12.8 Å². The van der Waals surface area contributed by atoms with E-state index in [4.69, 9.17) is 0 Å². The maximum Gasteiger partial charge on any atom is 0.234 e. The third-order valence-electron chi connectivity index (χ3n) is 3.16. The highest BCUT2D eigenvalue weighted by molar-refractivity contribution is 6.08. The summed E-state index contributed by atoms with van der Waals surface area (Å²) in [7, 11) is 0. The van der Waals surface area contributed by atoms with Crippen LogP contribution in [0.1, 0.15) is 26.7 Å². The Morgan fingerprint density at radius 1 is 1.29 bits per heavy atom. The molecule has 0 heterocycles. The van der Waals surface area contributed by atoms with Crippen molar-refractivity contribution < 1.29 is 9.59 Å². The van der Waals surface area contributed by atoms with Crippen LogP contribution in [0, 0.1) is 11.3 Å². The Labute approximate surface area is 101 Å². The van der Waals surface area contributed by atoms with Gasteiger partial charge in [-0.3, -0.25) is 9.59 Å². The molecular formula is C14H17NO2. The highest BCUT2D eigenvalue weighted by Crippen LogP contribution is 2.38. The first-order valence-corrected chi connectivity index (χ1v) is 5.87. The number of ketones is 1. The highest BCUT2D eigenvalue weighted by atomic mass is 16.2. The third kappa shape index (κ3) is 2.73. The largest absolute Gasteiger partial charge is 0.325 e. The van der Waals surface area contributed by atoms with Crippen molar-refractivity contribution in [3.8, 4) is 0 Å². The Kier molecular flexibility index (Phi) is 3.01. The van der Waals surface area contributed by atoms with Crippen LogP contribution >= 0.6 is 0 Å². The third-order valence-corrected chi connectivity index (χ3v) is 3.16. The van der Waals surface area contributed by atoms with Crippen LogP contribution in [0.5, 0.6) is 0 Å². The average Bonchev–Trinajstić information content (AvgIpc) is 2.54. The number of rotatable bonds is 2. The lowest BCUT2D eigenvalue weighted by molar-refractivity contribution is -0.129. The summed E-state index contributed by atoms with van der Waals surface area (Å²) in [6.07, 6.45) is 1.14. The van der Waals surface area contributed by atoms with Crippen molar-refractivity contribution >= 4 is 17.4 Å². The van der Waals surface area contributed by atoms with Crippen molar-refractivity contribution in [3.05, 3.63) is 30.3 Å². The van der Waals surface area contributed by atoms with Gasteiger partial charge in [0, 0.05) is 12.1 Å². The molecule has 1 aliphatic rings. The van der Waals surface area contributed by atoms with Gasteiger partial charge in [-0.05, 0) is 24.0 Å². The van der Waals surface area contributed by atoms with Gasteiger partial charge in [0.2, 0.25) is 5.91 Å². The SMILES string of the molecule is CC1(C)CC(=O)C(C(=O)Nc2ccccc2)C1. The molecule has 1 saturated carbocycles. The Hall–Kier alpha value is -1.64. The fraction of sp³-hybridized carbons (Fsp3) is 0.429. The van der Waals surface area contributed by atoms with Crippen molar-refractivity contribution in [1.29, 1.82) is 0 Å². The van der Waals surface area contributed by atoms with E-state index in [2.05, 4.69) is 5.32 Å². The van der Waals surface area contributed by atoms with Crippen molar-refractivity contribution in [1.82, 2.24) is 0 Å². The van der Waals surface area contributed by atoms with E-state index in [-0.39, 0.29) is 17.1 Å². The number of amides is 1. The predicted molar refractivity (Wildman–Crippen MR) is 66.6 cm³/mol. The van der Waals surface area contributed by atoms with E-state index in [1.54, 1.807) is 0 Å². The van der Waals surface area contributed by atoms with Crippen LogP contribution in [-0.4, -0.2) is 11.7 Å². The van der Waals surface area contributed by atoms with Crippen LogP contribution in [0.3, 0.4) is 0 Å². The molecule has 0 radical (unpaired) electrons. The van der Waals surface area contributed by atoms with Crippen LogP contribution in [0.15, 0.2) is 30.3 Å². The van der Waals surface area contributed by atoms with Crippen LogP contribution in [0.2, 0.25) is 0 Å². The number of carbonyl (C=O) groups excluding carboxylic acids is 2. The van der Waals surface area contributed by atoms with Gasteiger partial charge in [0.25, 0.3) is 0 Å². The highest BCUT2D eigenvalue weighted by Gasteiger charge is 2.41. The number of nitrogens with one attached hydrogen (secondary N) is 1. The fourth-order valence-electron chi connectivity index (χ4n) is 2.32. The second-order valence-corrected chi connectivity index (χ2v) is 5.42. The van der Waals surface area contributed by atoms with E-state index in [1.165, 1.54) is 0 Å². The Morgan fingerprint density at radius 3 is 2.47 bits per heavy atom. The minimum Gasteiger partial charge on any atom is -0.325 e. The molecule has 3 nitrogen and oxygen atoms in total. The van der Waals surface area contributed by atoms with Crippen LogP contribution < -0.4 is 5.32 Å². The van der Waals surface area contributed by atoms with Crippen molar-refractivity contribution in [2.45, 2.75) is 26.7 Å². The molecule has 1 unspecified atom stereocenters. The molecule has 3 heteroatoms. The number of hydrogen-bond donors (Lipinski definition) is 1. The molecule has 2 rings (SSSR count). The zero-order valence-corrected chi connectivity index (χ0v) is 10.2. The van der Waals surface area contributed by atoms with Gasteiger partial charge in [-0.2, -0.15) is 0 Å². The van der Waals surface area contributed by atoms with Gasteiger partial charge >= 0.3 is 0 Å². The second kappa shape index (κ2) is 4.32. The van der Waals surface area contributed by atoms with Gasteiger partial charge in [0.05, 0.1) is 5.92 Å². The zero-order valence-electron chi connectivity index (χ0n) is 10.2. The lowest BCUT2D eigenvalue weighted by Gasteiger charge is -2.15. The normalized spacial score (nSPS) is 22.5. The average molecular weight is 231 g/mol. The maximum absolute atomic E-state index is 12.0. The van der Waals surface area contributed by atoms with E-state index >= 15 is 0 Å². The maximum atomic E-state index is 12.0. The second-order valence-electron chi connectivity index (χ2n) is 5.42. The van der Waals surface area contributed by atoms with Crippen LogP contribution in [-0.2, 0) is 9.59 Å². The molecule has 0 bridgehead atoms. The van der Waals surface area contributed by atoms with Crippen molar-refractivity contribution in [2.75, 3.05) is 5.32 Å². The van der Waals surface area contributed by atoms with E-state index in [1.807, 2.05) is 44.2 Å². The summed E-state index contributed by atoms with van der Waals surface area (Å²) in [5.74, 6) is -0.597. The summed E-state index contributed by atoms with van der Waals surface area (Å²) in [5, 5.41) is 2.79. The quantitative estimate of drug-likeness (QED) is 0.795. The molecule has 1 amide bonds. The molecule has 0 aromatic heterocycles. The predicted octanol–water partition coefficient (Wildman–Crippen LogP) is 2.63. The molecule has 0 aliphatic heterocycles.